The number of alkyl carbamates (subject to hydrolysis) is 1. The van der Waals surface area contributed by atoms with E-state index in [1.165, 1.54) is 11.8 Å². The van der Waals surface area contributed by atoms with E-state index in [4.69, 9.17) is 9.47 Å². The summed E-state index contributed by atoms with van der Waals surface area (Å²) in [6.07, 6.45) is -0.155. The summed E-state index contributed by atoms with van der Waals surface area (Å²) < 4.78 is 10.6. The summed E-state index contributed by atoms with van der Waals surface area (Å²) in [5.74, 6) is -0.690. The molecule has 0 saturated heterocycles. The molecule has 0 spiro atoms. The summed E-state index contributed by atoms with van der Waals surface area (Å²) >= 11 is 1.37. The Morgan fingerprint density at radius 3 is 2.15 bits per heavy atom. The normalized spacial score (nSPS) is 13.5. The first-order chi connectivity index (χ1) is 16.2. The highest BCUT2D eigenvalue weighted by atomic mass is 32.2. The standard InChI is InChI=1S/C26H31NO6S/c1-26(2,3)24(30)32-13-8-14-34-16-22(23(28)29)27-25(31)33-15-21-19-11-6-4-9-17(19)18-10-5-7-12-20(18)21/h4-7,9-12,21-22H,8,13-16H2,1-3H3,(H,27,31)(H,28,29)/t22-/m1/s1. The van der Waals surface area contributed by atoms with Crippen LogP contribution >= 0.6 is 11.8 Å². The van der Waals surface area contributed by atoms with Crippen molar-refractivity contribution in [1.29, 1.82) is 0 Å². The lowest BCUT2D eigenvalue weighted by atomic mass is 9.97. The van der Waals surface area contributed by atoms with Gasteiger partial charge in [-0.2, -0.15) is 11.8 Å². The molecule has 0 saturated carbocycles. The van der Waals surface area contributed by atoms with Crippen LogP contribution in [0.2, 0.25) is 0 Å². The largest absolute Gasteiger partial charge is 0.480 e. The van der Waals surface area contributed by atoms with Gasteiger partial charge in [-0.3, -0.25) is 4.79 Å². The van der Waals surface area contributed by atoms with Crippen molar-refractivity contribution in [3.05, 3.63) is 59.7 Å². The van der Waals surface area contributed by atoms with Crippen LogP contribution in [0.1, 0.15) is 44.2 Å². The first-order valence-corrected chi connectivity index (χ1v) is 12.4. The molecule has 2 aromatic rings. The number of carboxylic acid groups (broad SMARTS) is 1. The number of aliphatic carboxylic acids is 1. The maximum atomic E-state index is 12.4. The Bertz CT molecular complexity index is 986. The van der Waals surface area contributed by atoms with E-state index in [0.29, 0.717) is 12.2 Å². The molecule has 182 valence electrons. The van der Waals surface area contributed by atoms with Crippen molar-refractivity contribution in [1.82, 2.24) is 5.32 Å². The van der Waals surface area contributed by atoms with Crippen LogP contribution in [0.4, 0.5) is 4.79 Å². The molecule has 2 N–H and O–H groups in total. The van der Waals surface area contributed by atoms with E-state index in [0.717, 1.165) is 22.3 Å². The number of carbonyl (C=O) groups is 3. The molecule has 1 atom stereocenters. The predicted octanol–water partition coefficient (Wildman–Crippen LogP) is 4.69. The Labute approximate surface area is 204 Å². The molecule has 7 nitrogen and oxygen atoms in total. The number of hydrogen-bond acceptors (Lipinski definition) is 6. The zero-order valence-corrected chi connectivity index (χ0v) is 20.5. The van der Waals surface area contributed by atoms with Crippen LogP contribution in [-0.4, -0.2) is 53.9 Å². The summed E-state index contributed by atoms with van der Waals surface area (Å²) in [6, 6.07) is 15.0. The van der Waals surface area contributed by atoms with E-state index in [1.807, 2.05) is 36.4 Å². The molecule has 0 heterocycles. The van der Waals surface area contributed by atoms with Gasteiger partial charge in [-0.15, -0.1) is 0 Å². The maximum Gasteiger partial charge on any atom is 0.407 e. The maximum absolute atomic E-state index is 12.4. The first kappa shape index (κ1) is 25.6. The summed E-state index contributed by atoms with van der Waals surface area (Å²) in [5, 5.41) is 11.9. The zero-order valence-electron chi connectivity index (χ0n) is 19.7. The topological polar surface area (TPSA) is 102 Å². The Balaban J connectivity index is 1.45. The number of esters is 1. The second-order valence-electron chi connectivity index (χ2n) is 9.18. The molecule has 1 amide bonds. The molecular formula is C26H31NO6S. The zero-order chi connectivity index (χ0) is 24.7. The fourth-order valence-corrected chi connectivity index (χ4v) is 4.65. The van der Waals surface area contributed by atoms with Gasteiger partial charge in [0.1, 0.15) is 12.6 Å². The second-order valence-corrected chi connectivity index (χ2v) is 10.3. The fraction of sp³-hybridized carbons (Fsp3) is 0.423. The summed E-state index contributed by atoms with van der Waals surface area (Å²) in [7, 11) is 0. The summed E-state index contributed by atoms with van der Waals surface area (Å²) in [5.41, 5.74) is 3.89. The molecule has 1 aliphatic rings. The van der Waals surface area contributed by atoms with Gasteiger partial charge < -0.3 is 19.9 Å². The summed E-state index contributed by atoms with van der Waals surface area (Å²) in [6.45, 7) is 5.77. The lowest BCUT2D eigenvalue weighted by molar-refractivity contribution is -0.152. The number of carbonyl (C=O) groups excluding carboxylic acids is 2. The van der Waals surface area contributed by atoms with E-state index in [2.05, 4.69) is 17.4 Å². The van der Waals surface area contributed by atoms with Gasteiger partial charge in [-0.05, 0) is 55.2 Å². The van der Waals surface area contributed by atoms with Gasteiger partial charge in [0.25, 0.3) is 0 Å². The van der Waals surface area contributed by atoms with Crippen molar-refractivity contribution in [2.75, 3.05) is 24.7 Å². The number of nitrogens with one attached hydrogen (secondary N) is 1. The second kappa shape index (κ2) is 11.4. The molecule has 0 aromatic heterocycles. The van der Waals surface area contributed by atoms with Crippen LogP contribution < -0.4 is 5.32 Å². The van der Waals surface area contributed by atoms with Crippen molar-refractivity contribution >= 4 is 29.8 Å². The van der Waals surface area contributed by atoms with E-state index in [1.54, 1.807) is 20.8 Å². The van der Waals surface area contributed by atoms with Gasteiger partial charge >= 0.3 is 18.0 Å². The minimum atomic E-state index is -1.12. The number of amides is 1. The van der Waals surface area contributed by atoms with Crippen LogP contribution in [0.25, 0.3) is 11.1 Å². The molecule has 1 aliphatic carbocycles. The third-order valence-corrected chi connectivity index (χ3v) is 6.64. The molecule has 0 radical (unpaired) electrons. The Hall–Kier alpha value is -3.00. The number of hydrogen-bond donors (Lipinski definition) is 2. The van der Waals surface area contributed by atoms with Crippen molar-refractivity contribution in [3.63, 3.8) is 0 Å². The monoisotopic (exact) mass is 485 g/mol. The Kier molecular flexibility index (Phi) is 8.61. The van der Waals surface area contributed by atoms with E-state index in [9.17, 15) is 19.5 Å². The molecule has 2 aromatic carbocycles. The minimum Gasteiger partial charge on any atom is -0.480 e. The van der Waals surface area contributed by atoms with Crippen molar-refractivity contribution in [3.8, 4) is 11.1 Å². The van der Waals surface area contributed by atoms with Gasteiger partial charge in [0.05, 0.1) is 12.0 Å². The SMILES string of the molecule is CC(C)(C)C(=O)OCCCSC[C@@H](NC(=O)OCC1c2ccccc2-c2ccccc21)C(=O)O. The van der Waals surface area contributed by atoms with E-state index >= 15 is 0 Å². The van der Waals surface area contributed by atoms with Crippen LogP contribution in [0.3, 0.4) is 0 Å². The molecule has 0 fully saturated rings. The Morgan fingerprint density at radius 2 is 1.59 bits per heavy atom. The van der Waals surface area contributed by atoms with Crippen LogP contribution in [0.5, 0.6) is 0 Å². The van der Waals surface area contributed by atoms with Gasteiger partial charge in [-0.1, -0.05) is 48.5 Å². The third kappa shape index (κ3) is 6.53. The van der Waals surface area contributed by atoms with Gasteiger partial charge in [0.15, 0.2) is 0 Å². The number of carboxylic acids is 1. The number of fused-ring (bicyclic) bond motifs is 3. The molecule has 8 heteroatoms. The van der Waals surface area contributed by atoms with Crippen molar-refractivity contribution in [2.24, 2.45) is 5.41 Å². The fourth-order valence-electron chi connectivity index (χ4n) is 3.70. The van der Waals surface area contributed by atoms with Crippen molar-refractivity contribution < 1.29 is 29.0 Å². The van der Waals surface area contributed by atoms with Crippen LogP contribution in [0, 0.1) is 5.41 Å². The molecule has 0 bridgehead atoms. The lowest BCUT2D eigenvalue weighted by Gasteiger charge is -2.18. The van der Waals surface area contributed by atoms with E-state index in [-0.39, 0.29) is 30.9 Å². The predicted molar refractivity (Wildman–Crippen MR) is 132 cm³/mol. The Morgan fingerprint density at radius 1 is 1.00 bits per heavy atom. The molecule has 0 unspecified atom stereocenters. The molecule has 3 rings (SSSR count). The quantitative estimate of drug-likeness (QED) is 0.372. The summed E-state index contributed by atoms with van der Waals surface area (Å²) in [4.78, 5) is 35.7. The lowest BCUT2D eigenvalue weighted by Crippen LogP contribution is -2.43. The van der Waals surface area contributed by atoms with Gasteiger partial charge in [-0.25, -0.2) is 9.59 Å². The molecular weight excluding hydrogens is 454 g/mol. The van der Waals surface area contributed by atoms with Crippen LogP contribution in [-0.2, 0) is 19.1 Å². The third-order valence-electron chi connectivity index (χ3n) is 5.50. The average molecular weight is 486 g/mol. The minimum absolute atomic E-state index is 0.0911. The molecule has 0 aliphatic heterocycles. The number of ether oxygens (including phenoxy) is 2. The van der Waals surface area contributed by atoms with Crippen molar-refractivity contribution in [2.45, 2.75) is 39.2 Å². The molecule has 34 heavy (non-hydrogen) atoms. The highest BCUT2D eigenvalue weighted by Gasteiger charge is 2.29. The number of rotatable bonds is 10. The number of benzene rings is 2. The highest BCUT2D eigenvalue weighted by molar-refractivity contribution is 7.99. The highest BCUT2D eigenvalue weighted by Crippen LogP contribution is 2.44. The smallest absolute Gasteiger partial charge is 0.407 e. The van der Waals surface area contributed by atoms with Gasteiger partial charge in [0.2, 0.25) is 0 Å². The average Bonchev–Trinajstić information content (AvgIpc) is 3.12. The van der Waals surface area contributed by atoms with E-state index < -0.39 is 23.5 Å². The van der Waals surface area contributed by atoms with Gasteiger partial charge in [0, 0.05) is 11.7 Å². The number of thioether (sulfide) groups is 1. The van der Waals surface area contributed by atoms with Crippen LogP contribution in [0.15, 0.2) is 48.5 Å². The first-order valence-electron chi connectivity index (χ1n) is 11.3.